The Bertz CT molecular complexity index is 936. The summed E-state index contributed by atoms with van der Waals surface area (Å²) in [7, 11) is 0. The molecule has 0 fully saturated rings. The summed E-state index contributed by atoms with van der Waals surface area (Å²) in [6.07, 6.45) is 1.25. The van der Waals surface area contributed by atoms with Crippen molar-refractivity contribution < 1.29 is 9.53 Å². The second-order valence-electron chi connectivity index (χ2n) is 5.82. The predicted molar refractivity (Wildman–Crippen MR) is 103 cm³/mol. The van der Waals surface area contributed by atoms with E-state index in [9.17, 15) is 4.79 Å². The molecule has 2 aromatic carbocycles. The maximum atomic E-state index is 11.7. The van der Waals surface area contributed by atoms with Crippen LogP contribution in [-0.4, -0.2) is 22.1 Å². The molecule has 0 spiro atoms. The molecule has 1 unspecified atom stereocenters. The SMILES string of the molecule is C=CC(=O)NC(C)c1nc2ccccc2n1CCOc1ccccc1Cl. The van der Waals surface area contributed by atoms with E-state index in [4.69, 9.17) is 16.3 Å². The third-order valence-electron chi connectivity index (χ3n) is 4.02. The van der Waals surface area contributed by atoms with Crippen LogP contribution in [0.15, 0.2) is 61.2 Å². The van der Waals surface area contributed by atoms with Gasteiger partial charge in [0.2, 0.25) is 5.91 Å². The van der Waals surface area contributed by atoms with Gasteiger partial charge in [-0.15, -0.1) is 0 Å². The monoisotopic (exact) mass is 369 g/mol. The van der Waals surface area contributed by atoms with Crippen LogP contribution < -0.4 is 10.1 Å². The lowest BCUT2D eigenvalue weighted by molar-refractivity contribution is -0.117. The summed E-state index contributed by atoms with van der Waals surface area (Å²) in [5.41, 5.74) is 1.87. The number of carbonyl (C=O) groups excluding carboxylic acids is 1. The van der Waals surface area contributed by atoms with E-state index >= 15 is 0 Å². The fraction of sp³-hybridized carbons (Fsp3) is 0.200. The molecule has 0 radical (unpaired) electrons. The van der Waals surface area contributed by atoms with Crippen LogP contribution in [0.2, 0.25) is 5.02 Å². The number of carbonyl (C=O) groups is 1. The highest BCUT2D eigenvalue weighted by Gasteiger charge is 2.17. The Kier molecular flexibility index (Phi) is 5.58. The standard InChI is InChI=1S/C20H20ClN3O2/c1-3-19(25)22-14(2)20-23-16-9-5-6-10-17(16)24(20)12-13-26-18-11-7-4-8-15(18)21/h3-11,14H,1,12-13H2,2H3,(H,22,25). The van der Waals surface area contributed by atoms with Crippen molar-refractivity contribution in [3.63, 3.8) is 0 Å². The Hall–Kier alpha value is -2.79. The average molecular weight is 370 g/mol. The van der Waals surface area contributed by atoms with E-state index in [0.29, 0.717) is 23.9 Å². The van der Waals surface area contributed by atoms with Crippen molar-refractivity contribution in [1.82, 2.24) is 14.9 Å². The van der Waals surface area contributed by atoms with Gasteiger partial charge in [-0.05, 0) is 37.3 Å². The molecule has 1 amide bonds. The first-order valence-corrected chi connectivity index (χ1v) is 8.73. The summed E-state index contributed by atoms with van der Waals surface area (Å²) in [6.45, 7) is 6.40. The quantitative estimate of drug-likeness (QED) is 0.637. The third kappa shape index (κ3) is 3.89. The number of fused-ring (bicyclic) bond motifs is 1. The molecule has 0 aliphatic rings. The highest BCUT2D eigenvalue weighted by molar-refractivity contribution is 6.32. The third-order valence-corrected chi connectivity index (χ3v) is 4.34. The Labute approximate surface area is 157 Å². The van der Waals surface area contributed by atoms with Gasteiger partial charge >= 0.3 is 0 Å². The first-order valence-electron chi connectivity index (χ1n) is 8.35. The minimum Gasteiger partial charge on any atom is -0.490 e. The van der Waals surface area contributed by atoms with Crippen molar-refractivity contribution >= 4 is 28.5 Å². The van der Waals surface area contributed by atoms with Crippen LogP contribution in [0.5, 0.6) is 5.75 Å². The molecule has 6 heteroatoms. The van der Waals surface area contributed by atoms with E-state index in [1.807, 2.05) is 49.4 Å². The largest absolute Gasteiger partial charge is 0.490 e. The molecular weight excluding hydrogens is 350 g/mol. The highest BCUT2D eigenvalue weighted by atomic mass is 35.5. The van der Waals surface area contributed by atoms with Gasteiger partial charge in [0.05, 0.1) is 28.6 Å². The Balaban J connectivity index is 1.83. The van der Waals surface area contributed by atoms with E-state index in [1.165, 1.54) is 6.08 Å². The zero-order chi connectivity index (χ0) is 18.5. The molecule has 0 aliphatic carbocycles. The molecule has 0 saturated heterocycles. The number of aromatic nitrogens is 2. The molecule has 5 nitrogen and oxygen atoms in total. The van der Waals surface area contributed by atoms with E-state index in [2.05, 4.69) is 21.4 Å². The fourth-order valence-corrected chi connectivity index (χ4v) is 3.00. The van der Waals surface area contributed by atoms with Gasteiger partial charge in [-0.2, -0.15) is 0 Å². The van der Waals surface area contributed by atoms with E-state index in [0.717, 1.165) is 16.9 Å². The lowest BCUT2D eigenvalue weighted by atomic mass is 10.3. The smallest absolute Gasteiger partial charge is 0.243 e. The minimum atomic E-state index is -0.256. The first-order chi connectivity index (χ1) is 12.6. The molecule has 1 atom stereocenters. The minimum absolute atomic E-state index is 0.233. The lowest BCUT2D eigenvalue weighted by Crippen LogP contribution is -2.27. The Morgan fingerprint density at radius 1 is 1.31 bits per heavy atom. The van der Waals surface area contributed by atoms with Gasteiger partial charge in [-0.25, -0.2) is 4.98 Å². The maximum absolute atomic E-state index is 11.7. The number of para-hydroxylation sites is 3. The topological polar surface area (TPSA) is 56.2 Å². The number of nitrogens with one attached hydrogen (secondary N) is 1. The number of imidazole rings is 1. The molecule has 0 saturated carbocycles. The number of hydrogen-bond acceptors (Lipinski definition) is 3. The van der Waals surface area contributed by atoms with Gasteiger partial charge in [0.25, 0.3) is 0 Å². The van der Waals surface area contributed by atoms with Gasteiger partial charge in [-0.3, -0.25) is 4.79 Å². The molecule has 1 heterocycles. The summed E-state index contributed by atoms with van der Waals surface area (Å²) < 4.78 is 7.87. The molecule has 0 bridgehead atoms. The molecule has 3 aromatic rings. The van der Waals surface area contributed by atoms with Crippen molar-refractivity contribution in [2.75, 3.05) is 6.61 Å². The van der Waals surface area contributed by atoms with Crippen LogP contribution in [0.25, 0.3) is 11.0 Å². The molecule has 134 valence electrons. The van der Waals surface area contributed by atoms with Gasteiger partial charge < -0.3 is 14.6 Å². The second kappa shape index (κ2) is 8.06. The van der Waals surface area contributed by atoms with Crippen molar-refractivity contribution in [1.29, 1.82) is 0 Å². The molecular formula is C20H20ClN3O2. The zero-order valence-corrected chi connectivity index (χ0v) is 15.2. The Morgan fingerprint density at radius 3 is 2.81 bits per heavy atom. The normalized spacial score (nSPS) is 11.9. The van der Waals surface area contributed by atoms with Crippen LogP contribution in [-0.2, 0) is 11.3 Å². The van der Waals surface area contributed by atoms with Gasteiger partial charge in [0.1, 0.15) is 18.2 Å². The molecule has 26 heavy (non-hydrogen) atoms. The van der Waals surface area contributed by atoms with Gasteiger partial charge in [-0.1, -0.05) is 42.4 Å². The predicted octanol–water partition coefficient (Wildman–Crippen LogP) is 4.13. The van der Waals surface area contributed by atoms with Crippen molar-refractivity contribution in [3.8, 4) is 5.75 Å². The van der Waals surface area contributed by atoms with Crippen LogP contribution in [0.1, 0.15) is 18.8 Å². The van der Waals surface area contributed by atoms with Crippen LogP contribution in [0.4, 0.5) is 0 Å². The Morgan fingerprint density at radius 2 is 2.04 bits per heavy atom. The number of amides is 1. The van der Waals surface area contributed by atoms with E-state index < -0.39 is 0 Å². The summed E-state index contributed by atoms with van der Waals surface area (Å²) in [5, 5.41) is 3.44. The maximum Gasteiger partial charge on any atom is 0.243 e. The number of rotatable bonds is 7. The van der Waals surface area contributed by atoms with Crippen molar-refractivity contribution in [2.24, 2.45) is 0 Å². The van der Waals surface area contributed by atoms with Crippen LogP contribution >= 0.6 is 11.6 Å². The van der Waals surface area contributed by atoms with Gasteiger partial charge in [0, 0.05) is 0 Å². The summed E-state index contributed by atoms with van der Waals surface area (Å²) in [4.78, 5) is 16.3. The fourth-order valence-electron chi connectivity index (χ4n) is 2.81. The number of ether oxygens (including phenoxy) is 1. The second-order valence-corrected chi connectivity index (χ2v) is 6.23. The molecule has 3 rings (SSSR count). The summed E-state index contributed by atoms with van der Waals surface area (Å²) >= 11 is 6.13. The first kappa shape index (κ1) is 18.0. The van der Waals surface area contributed by atoms with Crippen molar-refractivity contribution in [3.05, 3.63) is 72.0 Å². The van der Waals surface area contributed by atoms with Gasteiger partial charge in [0.15, 0.2) is 0 Å². The molecule has 1 aromatic heterocycles. The van der Waals surface area contributed by atoms with Crippen molar-refractivity contribution in [2.45, 2.75) is 19.5 Å². The van der Waals surface area contributed by atoms with E-state index in [-0.39, 0.29) is 11.9 Å². The average Bonchev–Trinajstić information content (AvgIpc) is 3.02. The zero-order valence-electron chi connectivity index (χ0n) is 14.5. The number of nitrogens with zero attached hydrogens (tertiary/aromatic N) is 2. The highest BCUT2D eigenvalue weighted by Crippen LogP contribution is 2.24. The number of hydrogen-bond donors (Lipinski definition) is 1. The van der Waals surface area contributed by atoms with Crippen LogP contribution in [0, 0.1) is 0 Å². The molecule has 1 N–H and O–H groups in total. The van der Waals surface area contributed by atoms with Crippen LogP contribution in [0.3, 0.4) is 0 Å². The van der Waals surface area contributed by atoms with E-state index in [1.54, 1.807) is 6.07 Å². The summed E-state index contributed by atoms with van der Waals surface area (Å²) in [5.74, 6) is 1.18. The number of halogens is 1. The summed E-state index contributed by atoms with van der Waals surface area (Å²) in [6, 6.07) is 15.0. The lowest BCUT2D eigenvalue weighted by Gasteiger charge is -2.16. The number of benzene rings is 2. The molecule has 0 aliphatic heterocycles.